The van der Waals surface area contributed by atoms with Gasteiger partial charge < -0.3 is 5.32 Å². The minimum Gasteiger partial charge on any atom is -0.349 e. The van der Waals surface area contributed by atoms with Crippen LogP contribution in [0.4, 0.5) is 0 Å². The van der Waals surface area contributed by atoms with E-state index in [0.717, 1.165) is 10.2 Å². The molecule has 2 aromatic rings. The highest BCUT2D eigenvalue weighted by molar-refractivity contribution is 7.12. The Bertz CT molecular complexity index is 506. The number of nitrogens with one attached hydrogen (secondary N) is 1. The number of benzene rings is 1. The minimum atomic E-state index is -0.121. The van der Waals surface area contributed by atoms with Crippen LogP contribution in [0.1, 0.15) is 10.4 Å². The lowest BCUT2D eigenvalue weighted by Crippen LogP contribution is -2.22. The number of hydrogen-bond donors (Lipinski definition) is 1. The van der Waals surface area contributed by atoms with E-state index in [4.69, 9.17) is 0 Å². The van der Waals surface area contributed by atoms with Crippen LogP contribution in [0.25, 0.3) is 10.2 Å². The molecule has 4 nitrogen and oxygen atoms in total. The Morgan fingerprint density at radius 2 is 2.47 bits per heavy atom. The fourth-order valence-electron chi connectivity index (χ4n) is 1.19. The normalized spacial score (nSPS) is 10.1. The van der Waals surface area contributed by atoms with Crippen molar-refractivity contribution in [3.8, 4) is 0 Å². The molecule has 1 aromatic carbocycles. The standard InChI is InChI=1S/C10H9N3OS/c1-2-5-11-10(14)7-3-4-9-8(6-7)12-13-15-9/h2-4,6H,1,5H2,(H,11,14). The largest absolute Gasteiger partial charge is 0.349 e. The van der Waals surface area contributed by atoms with Gasteiger partial charge in [-0.3, -0.25) is 4.79 Å². The Labute approximate surface area is 90.8 Å². The van der Waals surface area contributed by atoms with Crippen molar-refractivity contribution in [2.24, 2.45) is 0 Å². The van der Waals surface area contributed by atoms with E-state index in [0.29, 0.717) is 12.1 Å². The van der Waals surface area contributed by atoms with Gasteiger partial charge in [0.25, 0.3) is 5.91 Å². The van der Waals surface area contributed by atoms with E-state index in [-0.39, 0.29) is 5.91 Å². The second kappa shape index (κ2) is 4.18. The summed E-state index contributed by atoms with van der Waals surface area (Å²) in [5.74, 6) is -0.121. The molecule has 0 aliphatic rings. The molecule has 0 radical (unpaired) electrons. The Kier molecular flexibility index (Phi) is 2.73. The summed E-state index contributed by atoms with van der Waals surface area (Å²) in [4.78, 5) is 11.6. The topological polar surface area (TPSA) is 54.9 Å². The van der Waals surface area contributed by atoms with Gasteiger partial charge in [0, 0.05) is 12.1 Å². The van der Waals surface area contributed by atoms with Crippen molar-refractivity contribution in [2.45, 2.75) is 0 Å². The Morgan fingerprint density at radius 1 is 1.60 bits per heavy atom. The number of rotatable bonds is 3. The zero-order valence-corrected chi connectivity index (χ0v) is 8.75. The van der Waals surface area contributed by atoms with E-state index in [9.17, 15) is 4.79 Å². The van der Waals surface area contributed by atoms with Gasteiger partial charge >= 0.3 is 0 Å². The Morgan fingerprint density at radius 3 is 3.27 bits per heavy atom. The first kappa shape index (κ1) is 9.79. The van der Waals surface area contributed by atoms with Crippen LogP contribution in [0, 0.1) is 0 Å². The highest BCUT2D eigenvalue weighted by Crippen LogP contribution is 2.16. The van der Waals surface area contributed by atoms with Crippen molar-refractivity contribution in [3.05, 3.63) is 36.4 Å². The third kappa shape index (κ3) is 2.02. The lowest BCUT2D eigenvalue weighted by atomic mass is 10.2. The van der Waals surface area contributed by atoms with Crippen LogP contribution in [0.3, 0.4) is 0 Å². The summed E-state index contributed by atoms with van der Waals surface area (Å²) in [5, 5.41) is 6.61. The van der Waals surface area contributed by atoms with Crippen LogP contribution in [-0.2, 0) is 0 Å². The lowest BCUT2D eigenvalue weighted by molar-refractivity contribution is 0.0958. The number of amides is 1. The molecule has 0 aliphatic carbocycles. The smallest absolute Gasteiger partial charge is 0.251 e. The van der Waals surface area contributed by atoms with Crippen molar-refractivity contribution in [1.29, 1.82) is 0 Å². The van der Waals surface area contributed by atoms with E-state index in [2.05, 4.69) is 21.5 Å². The van der Waals surface area contributed by atoms with Crippen LogP contribution < -0.4 is 5.32 Å². The number of nitrogens with zero attached hydrogens (tertiary/aromatic N) is 2. The summed E-state index contributed by atoms with van der Waals surface area (Å²) in [6.07, 6.45) is 1.64. The average Bonchev–Trinajstić information content (AvgIpc) is 2.72. The highest BCUT2D eigenvalue weighted by atomic mass is 32.1. The molecule has 1 amide bonds. The highest BCUT2D eigenvalue weighted by Gasteiger charge is 2.06. The molecule has 0 unspecified atom stereocenters. The molecular formula is C10H9N3OS. The average molecular weight is 219 g/mol. The second-order valence-corrected chi connectivity index (χ2v) is 3.74. The SMILES string of the molecule is C=CCNC(=O)c1ccc2snnc2c1. The van der Waals surface area contributed by atoms with Crippen LogP contribution in [-0.4, -0.2) is 22.0 Å². The van der Waals surface area contributed by atoms with Crippen LogP contribution in [0.2, 0.25) is 0 Å². The second-order valence-electron chi connectivity index (χ2n) is 2.95. The quantitative estimate of drug-likeness (QED) is 0.798. The summed E-state index contributed by atoms with van der Waals surface area (Å²) in [6.45, 7) is 4.00. The predicted molar refractivity (Wildman–Crippen MR) is 59.9 cm³/mol. The van der Waals surface area contributed by atoms with E-state index < -0.39 is 0 Å². The van der Waals surface area contributed by atoms with Crippen LogP contribution in [0.15, 0.2) is 30.9 Å². The van der Waals surface area contributed by atoms with Gasteiger partial charge in [-0.15, -0.1) is 11.7 Å². The van der Waals surface area contributed by atoms with Gasteiger partial charge in [0.05, 0.1) is 4.70 Å². The lowest BCUT2D eigenvalue weighted by Gasteiger charge is -2.01. The molecule has 1 aromatic heterocycles. The number of fused-ring (bicyclic) bond motifs is 1. The van der Waals surface area contributed by atoms with E-state index in [1.807, 2.05) is 6.07 Å². The third-order valence-corrected chi connectivity index (χ3v) is 2.62. The maximum atomic E-state index is 11.6. The zero-order chi connectivity index (χ0) is 10.7. The molecule has 5 heteroatoms. The number of carbonyl (C=O) groups is 1. The van der Waals surface area contributed by atoms with Gasteiger partial charge in [-0.05, 0) is 29.7 Å². The van der Waals surface area contributed by atoms with E-state index in [1.54, 1.807) is 18.2 Å². The first-order chi connectivity index (χ1) is 7.31. The summed E-state index contributed by atoms with van der Waals surface area (Å²) >= 11 is 1.32. The third-order valence-electron chi connectivity index (χ3n) is 1.92. The Balaban J connectivity index is 2.27. The summed E-state index contributed by atoms with van der Waals surface area (Å²) in [6, 6.07) is 5.35. The maximum absolute atomic E-state index is 11.6. The number of hydrogen-bond acceptors (Lipinski definition) is 4. The van der Waals surface area contributed by atoms with Crippen molar-refractivity contribution in [2.75, 3.05) is 6.54 Å². The fraction of sp³-hybridized carbons (Fsp3) is 0.100. The molecule has 0 bridgehead atoms. The molecular weight excluding hydrogens is 210 g/mol. The molecule has 0 saturated heterocycles. The van der Waals surface area contributed by atoms with Crippen LogP contribution in [0.5, 0.6) is 0 Å². The molecule has 2 rings (SSSR count). The molecule has 0 saturated carbocycles. The molecule has 0 aliphatic heterocycles. The van der Waals surface area contributed by atoms with Gasteiger partial charge in [0.1, 0.15) is 5.52 Å². The first-order valence-electron chi connectivity index (χ1n) is 4.42. The zero-order valence-electron chi connectivity index (χ0n) is 7.93. The molecule has 15 heavy (non-hydrogen) atoms. The van der Waals surface area contributed by atoms with E-state index in [1.165, 1.54) is 11.5 Å². The van der Waals surface area contributed by atoms with Gasteiger partial charge in [-0.1, -0.05) is 10.6 Å². The fourth-order valence-corrected chi connectivity index (χ4v) is 1.73. The summed E-state index contributed by atoms with van der Waals surface area (Å²) in [5.41, 5.74) is 1.35. The molecule has 1 N–H and O–H groups in total. The first-order valence-corrected chi connectivity index (χ1v) is 5.20. The number of carbonyl (C=O) groups excluding carboxylic acids is 1. The van der Waals surface area contributed by atoms with Gasteiger partial charge in [-0.25, -0.2) is 0 Å². The minimum absolute atomic E-state index is 0.121. The van der Waals surface area contributed by atoms with Gasteiger partial charge in [0.2, 0.25) is 0 Å². The summed E-state index contributed by atoms with van der Waals surface area (Å²) in [7, 11) is 0. The molecule has 0 spiro atoms. The predicted octanol–water partition coefficient (Wildman–Crippen LogP) is 1.61. The van der Waals surface area contributed by atoms with Crippen molar-refractivity contribution in [1.82, 2.24) is 14.9 Å². The molecule has 0 atom stereocenters. The molecule has 76 valence electrons. The van der Waals surface area contributed by atoms with Gasteiger partial charge in [0.15, 0.2) is 0 Å². The summed E-state index contributed by atoms with van der Waals surface area (Å²) < 4.78 is 4.79. The van der Waals surface area contributed by atoms with E-state index >= 15 is 0 Å². The molecule has 1 heterocycles. The molecule has 0 fully saturated rings. The van der Waals surface area contributed by atoms with Crippen molar-refractivity contribution >= 4 is 27.7 Å². The number of aromatic nitrogens is 2. The van der Waals surface area contributed by atoms with Gasteiger partial charge in [-0.2, -0.15) is 0 Å². The monoisotopic (exact) mass is 219 g/mol. The van der Waals surface area contributed by atoms with Crippen LogP contribution >= 0.6 is 11.5 Å². The van der Waals surface area contributed by atoms with Crippen molar-refractivity contribution in [3.63, 3.8) is 0 Å². The Hall–Kier alpha value is -1.75. The van der Waals surface area contributed by atoms with Crippen molar-refractivity contribution < 1.29 is 4.79 Å². The maximum Gasteiger partial charge on any atom is 0.251 e.